The molecule has 1 aliphatic carbocycles. The number of amides is 1. The van der Waals surface area contributed by atoms with Crippen molar-refractivity contribution >= 4 is 11.6 Å². The Labute approximate surface area is 207 Å². The SMILES string of the molecule is Nc1c(C(=O)N[C@@H]2CC[C@H](c3ccc(-c4cnn(CCN5CCOCC5)c4)cc3)C2)[nH]c(=O)[nH]c1=O. The summed E-state index contributed by atoms with van der Waals surface area (Å²) in [7, 11) is 0. The Morgan fingerprint density at radius 1 is 1.08 bits per heavy atom. The average Bonchev–Trinajstić information content (AvgIpc) is 3.56. The molecule has 11 nitrogen and oxygen atoms in total. The number of nitrogens with one attached hydrogen (secondary N) is 3. The lowest BCUT2D eigenvalue weighted by atomic mass is 9.95. The molecule has 0 unspecified atom stereocenters. The molecule has 2 atom stereocenters. The minimum Gasteiger partial charge on any atom is -0.392 e. The number of rotatable bonds is 7. The highest BCUT2D eigenvalue weighted by Crippen LogP contribution is 2.35. The molecule has 3 heterocycles. The summed E-state index contributed by atoms with van der Waals surface area (Å²) in [6, 6.07) is 8.45. The Morgan fingerprint density at radius 2 is 1.86 bits per heavy atom. The van der Waals surface area contributed by atoms with Crippen molar-refractivity contribution in [2.45, 2.75) is 37.8 Å². The normalized spacial score (nSPS) is 20.4. The number of aromatic nitrogens is 4. The number of hydrogen-bond donors (Lipinski definition) is 4. The lowest BCUT2D eigenvalue weighted by Crippen LogP contribution is -2.38. The van der Waals surface area contributed by atoms with Crippen molar-refractivity contribution < 1.29 is 9.53 Å². The van der Waals surface area contributed by atoms with Crippen LogP contribution in [0.5, 0.6) is 0 Å². The van der Waals surface area contributed by atoms with Gasteiger partial charge in [-0.2, -0.15) is 5.10 Å². The monoisotopic (exact) mass is 493 g/mol. The van der Waals surface area contributed by atoms with E-state index >= 15 is 0 Å². The number of morpholine rings is 1. The molecule has 2 aromatic heterocycles. The molecule has 5 rings (SSSR count). The number of nitrogens with zero attached hydrogens (tertiary/aromatic N) is 3. The van der Waals surface area contributed by atoms with Crippen molar-refractivity contribution in [2.24, 2.45) is 0 Å². The molecule has 0 spiro atoms. The summed E-state index contributed by atoms with van der Waals surface area (Å²) < 4.78 is 7.39. The number of aromatic amines is 2. The van der Waals surface area contributed by atoms with Gasteiger partial charge < -0.3 is 20.8 Å². The highest BCUT2D eigenvalue weighted by atomic mass is 16.5. The fourth-order valence-electron chi connectivity index (χ4n) is 5.00. The second kappa shape index (κ2) is 10.5. The Balaban J connectivity index is 1.16. The third-order valence-corrected chi connectivity index (χ3v) is 7.07. The van der Waals surface area contributed by atoms with E-state index in [0.717, 1.165) is 69.8 Å². The van der Waals surface area contributed by atoms with Gasteiger partial charge in [0.1, 0.15) is 11.4 Å². The van der Waals surface area contributed by atoms with Gasteiger partial charge in [0, 0.05) is 37.4 Å². The number of anilines is 1. The first-order chi connectivity index (χ1) is 17.5. The van der Waals surface area contributed by atoms with Crippen LogP contribution in [0.1, 0.15) is 41.2 Å². The molecule has 1 amide bonds. The van der Waals surface area contributed by atoms with E-state index in [0.29, 0.717) is 5.92 Å². The minimum atomic E-state index is -0.768. The van der Waals surface area contributed by atoms with E-state index in [2.05, 4.69) is 50.8 Å². The van der Waals surface area contributed by atoms with E-state index < -0.39 is 17.2 Å². The molecular formula is C25H31N7O4. The van der Waals surface area contributed by atoms with Crippen LogP contribution in [-0.4, -0.2) is 69.4 Å². The van der Waals surface area contributed by atoms with Gasteiger partial charge in [0.2, 0.25) is 0 Å². The third-order valence-electron chi connectivity index (χ3n) is 7.07. The van der Waals surface area contributed by atoms with Crippen LogP contribution in [0, 0.1) is 0 Å². The van der Waals surface area contributed by atoms with Crippen molar-refractivity contribution in [1.29, 1.82) is 0 Å². The number of ether oxygens (including phenoxy) is 1. The van der Waals surface area contributed by atoms with Crippen molar-refractivity contribution in [1.82, 2.24) is 30.0 Å². The van der Waals surface area contributed by atoms with Gasteiger partial charge in [-0.05, 0) is 36.3 Å². The number of H-pyrrole nitrogens is 2. The first kappa shape index (κ1) is 24.0. The molecule has 1 saturated carbocycles. The summed E-state index contributed by atoms with van der Waals surface area (Å²) in [5.41, 5.74) is 7.09. The summed E-state index contributed by atoms with van der Waals surface area (Å²) >= 11 is 0. The van der Waals surface area contributed by atoms with Gasteiger partial charge in [-0.15, -0.1) is 0 Å². The zero-order chi connectivity index (χ0) is 25.1. The highest BCUT2D eigenvalue weighted by Gasteiger charge is 2.28. The molecule has 5 N–H and O–H groups in total. The number of carbonyl (C=O) groups excluding carboxylic acids is 1. The molecule has 1 saturated heterocycles. The maximum absolute atomic E-state index is 12.6. The van der Waals surface area contributed by atoms with Gasteiger partial charge in [0.05, 0.1) is 26.0 Å². The molecule has 0 bridgehead atoms. The van der Waals surface area contributed by atoms with Crippen LogP contribution in [0.15, 0.2) is 46.2 Å². The predicted molar refractivity (Wildman–Crippen MR) is 135 cm³/mol. The Bertz CT molecular complexity index is 1320. The Morgan fingerprint density at radius 3 is 2.64 bits per heavy atom. The zero-order valence-corrected chi connectivity index (χ0v) is 20.0. The van der Waals surface area contributed by atoms with E-state index in [-0.39, 0.29) is 17.4 Å². The number of benzene rings is 1. The second-order valence-electron chi connectivity index (χ2n) is 9.45. The summed E-state index contributed by atoms with van der Waals surface area (Å²) in [6.45, 7) is 5.36. The fraction of sp³-hybridized carbons (Fsp3) is 0.440. The Kier molecular flexibility index (Phi) is 7.01. The number of nitrogen functional groups attached to an aromatic ring is 1. The lowest BCUT2D eigenvalue weighted by molar-refractivity contribution is 0.0360. The summed E-state index contributed by atoms with van der Waals surface area (Å²) in [5.74, 6) is -0.224. The van der Waals surface area contributed by atoms with Crippen LogP contribution in [-0.2, 0) is 11.3 Å². The topological polar surface area (TPSA) is 151 Å². The van der Waals surface area contributed by atoms with Crippen LogP contribution < -0.4 is 22.3 Å². The van der Waals surface area contributed by atoms with Gasteiger partial charge >= 0.3 is 5.69 Å². The quantitative estimate of drug-likeness (QED) is 0.382. The average molecular weight is 494 g/mol. The van der Waals surface area contributed by atoms with Crippen LogP contribution in [0.4, 0.5) is 5.69 Å². The van der Waals surface area contributed by atoms with Crippen LogP contribution in [0.25, 0.3) is 11.1 Å². The van der Waals surface area contributed by atoms with Crippen molar-refractivity contribution in [3.63, 3.8) is 0 Å². The van der Waals surface area contributed by atoms with Gasteiger partial charge in [-0.3, -0.25) is 24.2 Å². The smallest absolute Gasteiger partial charge is 0.326 e. The standard InChI is InChI=1S/C25H31N7O4/c26-21-22(29-25(35)30-23(21)33)24(34)28-20-6-5-18(13-20)16-1-3-17(4-2-16)19-14-27-32(15-19)8-7-31-9-11-36-12-10-31/h1-4,14-15,18,20H,5-13,26H2,(H,28,34)(H2,29,30,33,35)/t18-,20+/m0/s1. The van der Waals surface area contributed by atoms with Crippen molar-refractivity contribution in [3.05, 3.63) is 68.8 Å². The number of hydrogen-bond acceptors (Lipinski definition) is 7. The van der Waals surface area contributed by atoms with Gasteiger partial charge in [-0.25, -0.2) is 4.79 Å². The van der Waals surface area contributed by atoms with Crippen LogP contribution in [0.3, 0.4) is 0 Å². The summed E-state index contributed by atoms with van der Waals surface area (Å²) in [4.78, 5) is 42.5. The molecule has 190 valence electrons. The first-order valence-electron chi connectivity index (χ1n) is 12.3. The lowest BCUT2D eigenvalue weighted by Gasteiger charge is -2.26. The highest BCUT2D eigenvalue weighted by molar-refractivity contribution is 5.97. The summed E-state index contributed by atoms with van der Waals surface area (Å²) in [6.07, 6.45) is 6.51. The van der Waals surface area contributed by atoms with Gasteiger partial charge in [0.25, 0.3) is 11.5 Å². The minimum absolute atomic E-state index is 0.0611. The van der Waals surface area contributed by atoms with E-state index in [9.17, 15) is 14.4 Å². The molecule has 1 aromatic carbocycles. The van der Waals surface area contributed by atoms with Crippen LogP contribution in [0.2, 0.25) is 0 Å². The Hall–Kier alpha value is -3.70. The van der Waals surface area contributed by atoms with Gasteiger partial charge in [0.15, 0.2) is 0 Å². The van der Waals surface area contributed by atoms with E-state index in [1.165, 1.54) is 5.56 Å². The number of carbonyl (C=O) groups is 1. The zero-order valence-electron chi connectivity index (χ0n) is 20.0. The predicted octanol–water partition coefficient (Wildman–Crippen LogP) is 0.907. The first-order valence-corrected chi connectivity index (χ1v) is 12.3. The maximum atomic E-state index is 12.6. The molecule has 36 heavy (non-hydrogen) atoms. The molecule has 1 aliphatic heterocycles. The largest absolute Gasteiger partial charge is 0.392 e. The van der Waals surface area contributed by atoms with Crippen molar-refractivity contribution in [2.75, 3.05) is 38.6 Å². The second-order valence-corrected chi connectivity index (χ2v) is 9.45. The fourth-order valence-corrected chi connectivity index (χ4v) is 5.00. The molecule has 2 fully saturated rings. The van der Waals surface area contributed by atoms with E-state index in [1.54, 1.807) is 0 Å². The number of nitrogens with two attached hydrogens (primary N) is 1. The molecule has 2 aliphatic rings. The van der Waals surface area contributed by atoms with E-state index in [4.69, 9.17) is 10.5 Å². The molecule has 0 radical (unpaired) electrons. The molecule has 3 aromatic rings. The maximum Gasteiger partial charge on any atom is 0.326 e. The van der Waals surface area contributed by atoms with Crippen molar-refractivity contribution in [3.8, 4) is 11.1 Å². The van der Waals surface area contributed by atoms with Crippen LogP contribution >= 0.6 is 0 Å². The van der Waals surface area contributed by atoms with Gasteiger partial charge in [-0.1, -0.05) is 24.3 Å². The molecular weight excluding hydrogens is 462 g/mol. The molecule has 11 heteroatoms. The summed E-state index contributed by atoms with van der Waals surface area (Å²) in [5, 5.41) is 7.42. The van der Waals surface area contributed by atoms with E-state index in [1.807, 2.05) is 15.9 Å². The third kappa shape index (κ3) is 5.42.